The Kier molecular flexibility index (Phi) is 11.2. The number of unbranched alkanes of at least 4 members (excludes halogenated alkanes) is 2. The molecule has 1 N–H and O–H groups in total. The Bertz CT molecular complexity index is 500. The molecule has 0 heterocycles. The Balaban J connectivity index is 4.31. The van der Waals surface area contributed by atoms with Gasteiger partial charge in [0.2, 0.25) is 0 Å². The van der Waals surface area contributed by atoms with Gasteiger partial charge in [0.1, 0.15) is 13.3 Å². The Morgan fingerprint density at radius 2 is 1.56 bits per heavy atom. The maximum atomic E-state index is 15.1. The number of hydrogen-bond acceptors (Lipinski definition) is 1. The monoisotopic (exact) mass is 435 g/mol. The Morgan fingerprint density at radius 1 is 1.00 bits per heavy atom. The summed E-state index contributed by atoms with van der Waals surface area (Å²) >= 11 is 0. The van der Waals surface area contributed by atoms with E-state index in [1.54, 1.807) is 0 Å². The van der Waals surface area contributed by atoms with Crippen LogP contribution in [0.2, 0.25) is 0 Å². The van der Waals surface area contributed by atoms with Crippen LogP contribution in [0.5, 0.6) is 0 Å². The summed E-state index contributed by atoms with van der Waals surface area (Å²) in [5, 5.41) is 1.86. The first-order valence-corrected chi connectivity index (χ1v) is 11.3. The lowest BCUT2D eigenvalue weighted by Gasteiger charge is -2.50. The molecule has 5 atom stereocenters. The zero-order chi connectivity index (χ0) is 21.5. The fourth-order valence-electron chi connectivity index (χ4n) is 3.11. The molecule has 0 aromatic rings. The molecule has 156 valence electrons. The predicted molar refractivity (Wildman–Crippen MR) is 129 cm³/mol. The van der Waals surface area contributed by atoms with Crippen LogP contribution in [0.1, 0.15) is 72.6 Å². The standard InChI is InChI=1S/C20H39BF2NP3/c1-15(2)11-13-24-16(3)10-8-7-9-12-19(23,25)14-17(4,5)20(26,27)18(6,21)22/h24H,1,3,7-14,25-27H2,2,4-6H3. The third-order valence-electron chi connectivity index (χ3n) is 5.16. The van der Waals surface area contributed by atoms with Crippen LogP contribution in [0, 0.1) is 5.41 Å². The third kappa shape index (κ3) is 10.2. The van der Waals surface area contributed by atoms with E-state index >= 15 is 4.39 Å². The molecule has 2 radical (unpaired) electrons. The van der Waals surface area contributed by atoms with Crippen molar-refractivity contribution in [2.45, 2.75) is 88.5 Å². The summed E-state index contributed by atoms with van der Waals surface area (Å²) in [6, 6.07) is 0. The highest BCUT2D eigenvalue weighted by molar-refractivity contribution is 7.40. The van der Waals surface area contributed by atoms with E-state index < -0.39 is 21.3 Å². The highest BCUT2D eigenvalue weighted by Gasteiger charge is 2.51. The second-order valence-electron chi connectivity index (χ2n) is 8.84. The lowest BCUT2D eigenvalue weighted by Crippen LogP contribution is -2.51. The molecule has 0 bridgehead atoms. The Morgan fingerprint density at radius 3 is 2.04 bits per heavy atom. The van der Waals surface area contributed by atoms with Crippen LogP contribution >= 0.6 is 27.7 Å². The summed E-state index contributed by atoms with van der Waals surface area (Å²) in [7, 11) is 12.9. The third-order valence-corrected chi connectivity index (χ3v) is 8.35. The summed E-state index contributed by atoms with van der Waals surface area (Å²) < 4.78 is 29.5. The molecule has 0 saturated carbocycles. The number of hydrogen-bond donors (Lipinski definition) is 1. The molecule has 0 saturated heterocycles. The zero-order valence-electron chi connectivity index (χ0n) is 17.6. The van der Waals surface area contributed by atoms with E-state index in [2.05, 4.69) is 46.2 Å². The first-order chi connectivity index (χ1) is 12.0. The maximum Gasteiger partial charge on any atom is 0.124 e. The SMILES string of the molecule is [B]C(C)(F)C(P)(P)C(C)(C)CC(F)(P)CCCCCC(=C)NCCC(=C)C. The largest absolute Gasteiger partial charge is 0.388 e. The summed E-state index contributed by atoms with van der Waals surface area (Å²) in [6.45, 7) is 15.8. The lowest BCUT2D eigenvalue weighted by atomic mass is 9.68. The van der Waals surface area contributed by atoms with Gasteiger partial charge in [-0.1, -0.05) is 41.7 Å². The number of nitrogens with one attached hydrogen (secondary N) is 1. The van der Waals surface area contributed by atoms with Crippen molar-refractivity contribution in [3.05, 3.63) is 24.4 Å². The van der Waals surface area contributed by atoms with Crippen LogP contribution in [0.3, 0.4) is 0 Å². The minimum Gasteiger partial charge on any atom is -0.388 e. The van der Waals surface area contributed by atoms with Gasteiger partial charge in [-0.2, -0.15) is 0 Å². The molecule has 27 heavy (non-hydrogen) atoms. The molecular formula is C20H39BF2NP3. The number of rotatable bonds is 14. The predicted octanol–water partition coefficient (Wildman–Crippen LogP) is 6.26. The molecule has 0 aromatic heterocycles. The van der Waals surface area contributed by atoms with Gasteiger partial charge < -0.3 is 5.32 Å². The topological polar surface area (TPSA) is 12.0 Å². The molecule has 0 aliphatic carbocycles. The highest BCUT2D eigenvalue weighted by Crippen LogP contribution is 2.56. The molecule has 0 amide bonds. The summed E-state index contributed by atoms with van der Waals surface area (Å²) in [5.41, 5.74) is -0.417. The molecule has 0 spiro atoms. The van der Waals surface area contributed by atoms with Gasteiger partial charge in [-0.3, -0.25) is 4.39 Å². The van der Waals surface area contributed by atoms with E-state index in [0.29, 0.717) is 6.42 Å². The van der Waals surface area contributed by atoms with Gasteiger partial charge in [-0.05, 0) is 57.8 Å². The fraction of sp³-hybridized carbons (Fsp3) is 0.800. The van der Waals surface area contributed by atoms with Crippen LogP contribution in [-0.4, -0.2) is 30.3 Å². The van der Waals surface area contributed by atoms with E-state index in [-0.39, 0.29) is 6.42 Å². The van der Waals surface area contributed by atoms with Crippen molar-refractivity contribution in [1.29, 1.82) is 0 Å². The van der Waals surface area contributed by atoms with Crippen molar-refractivity contribution >= 4 is 35.6 Å². The Hall–Kier alpha value is 0.495. The Labute approximate surface area is 174 Å². The smallest absolute Gasteiger partial charge is 0.124 e. The summed E-state index contributed by atoms with van der Waals surface area (Å²) in [6.07, 6.45) is 5.17. The van der Waals surface area contributed by atoms with Crippen molar-refractivity contribution < 1.29 is 8.78 Å². The molecule has 0 aliphatic rings. The average molecular weight is 435 g/mol. The number of alkyl halides is 2. The van der Waals surface area contributed by atoms with Crippen molar-refractivity contribution in [1.82, 2.24) is 5.32 Å². The first-order valence-electron chi connectivity index (χ1n) is 9.61. The summed E-state index contributed by atoms with van der Waals surface area (Å²) in [5.74, 6) is 0. The molecule has 7 heteroatoms. The van der Waals surface area contributed by atoms with Crippen LogP contribution in [0.4, 0.5) is 8.78 Å². The van der Waals surface area contributed by atoms with Crippen molar-refractivity contribution in [3.63, 3.8) is 0 Å². The second kappa shape index (κ2) is 11.0. The van der Waals surface area contributed by atoms with Crippen molar-refractivity contribution in [2.75, 3.05) is 6.54 Å². The van der Waals surface area contributed by atoms with E-state index in [1.807, 2.05) is 20.8 Å². The quantitative estimate of drug-likeness (QED) is 0.147. The number of halogens is 2. The molecule has 1 nitrogen and oxygen atoms in total. The van der Waals surface area contributed by atoms with Crippen LogP contribution in [0.25, 0.3) is 0 Å². The highest BCUT2D eigenvalue weighted by atomic mass is 31.1. The minimum atomic E-state index is -1.94. The van der Waals surface area contributed by atoms with Gasteiger partial charge in [0.25, 0.3) is 0 Å². The molecule has 0 aromatic carbocycles. The van der Waals surface area contributed by atoms with Gasteiger partial charge in [0.05, 0.1) is 5.57 Å². The maximum absolute atomic E-state index is 15.1. The van der Waals surface area contributed by atoms with Gasteiger partial charge >= 0.3 is 0 Å². The van der Waals surface area contributed by atoms with Gasteiger partial charge in [0.15, 0.2) is 0 Å². The average Bonchev–Trinajstić information content (AvgIpc) is 2.43. The van der Waals surface area contributed by atoms with Crippen LogP contribution < -0.4 is 5.32 Å². The zero-order valence-corrected chi connectivity index (χ0v) is 21.1. The second-order valence-corrected chi connectivity index (χ2v) is 12.4. The fourth-order valence-corrected chi connectivity index (χ4v) is 4.02. The first kappa shape index (κ1) is 27.5. The van der Waals surface area contributed by atoms with Gasteiger partial charge in [-0.25, -0.2) is 4.39 Å². The lowest BCUT2D eigenvalue weighted by molar-refractivity contribution is 0.110. The van der Waals surface area contributed by atoms with E-state index in [4.69, 9.17) is 7.85 Å². The molecule has 0 rings (SSSR count). The minimum absolute atomic E-state index is 0.212. The molecule has 5 unspecified atom stereocenters. The van der Waals surface area contributed by atoms with E-state index in [1.165, 1.54) is 6.92 Å². The molecule has 0 fully saturated rings. The normalized spacial score (nSPS) is 17.1. The van der Waals surface area contributed by atoms with Gasteiger partial charge in [-0.15, -0.1) is 25.1 Å². The van der Waals surface area contributed by atoms with E-state index in [9.17, 15) is 4.39 Å². The number of allylic oxidation sites excluding steroid dienone is 1. The van der Waals surface area contributed by atoms with Crippen molar-refractivity contribution in [2.24, 2.45) is 5.41 Å². The van der Waals surface area contributed by atoms with Crippen LogP contribution in [0.15, 0.2) is 24.4 Å². The van der Waals surface area contributed by atoms with Crippen molar-refractivity contribution in [3.8, 4) is 0 Å². The van der Waals surface area contributed by atoms with Gasteiger partial charge in [0, 0.05) is 17.1 Å². The molecule has 0 aliphatic heterocycles. The molecular weight excluding hydrogens is 396 g/mol. The van der Waals surface area contributed by atoms with Crippen LogP contribution in [-0.2, 0) is 0 Å². The van der Waals surface area contributed by atoms with E-state index in [0.717, 1.165) is 49.9 Å². The summed E-state index contributed by atoms with van der Waals surface area (Å²) in [4.78, 5) is -1.01.